The smallest absolute Gasteiger partial charge is 0.335 e. The van der Waals surface area contributed by atoms with E-state index in [1.54, 1.807) is 6.20 Å². The number of amides is 1. The summed E-state index contributed by atoms with van der Waals surface area (Å²) in [5.74, 6) is -2.84. The molecule has 1 fully saturated rings. The molecule has 15 nitrogen and oxygen atoms in total. The number of hydrogen-bond acceptors (Lipinski definition) is 12. The number of carbonyl (C=O) groups is 2. The molecule has 3 heterocycles. The molecule has 0 saturated carbocycles. The van der Waals surface area contributed by atoms with Gasteiger partial charge < -0.3 is 55.2 Å². The van der Waals surface area contributed by atoms with Crippen molar-refractivity contribution in [3.05, 3.63) is 82.5 Å². The van der Waals surface area contributed by atoms with Crippen molar-refractivity contribution in [3.8, 4) is 22.6 Å². The van der Waals surface area contributed by atoms with Gasteiger partial charge in [-0.05, 0) is 65.6 Å². The van der Waals surface area contributed by atoms with Gasteiger partial charge in [0.25, 0.3) is 5.91 Å². The van der Waals surface area contributed by atoms with E-state index in [0.29, 0.717) is 12.3 Å². The number of aliphatic carboxylic acids is 1. The molecule has 53 heavy (non-hydrogen) atoms. The highest BCUT2D eigenvalue weighted by atomic mass is 16.7. The van der Waals surface area contributed by atoms with E-state index in [-0.39, 0.29) is 52.0 Å². The molecule has 0 bridgehead atoms. The number of primary amides is 1. The van der Waals surface area contributed by atoms with Gasteiger partial charge in [0.1, 0.15) is 35.5 Å². The Kier molecular flexibility index (Phi) is 12.3. The number of aromatic amines is 1. The number of nitrogens with one attached hydrogen (secondary N) is 2. The summed E-state index contributed by atoms with van der Waals surface area (Å²) >= 11 is 0. The highest BCUT2D eigenvalue weighted by Gasteiger charge is 2.62. The molecule has 8 unspecified atom stereocenters. The molecule has 286 valence electrons. The average molecular weight is 738 g/mol. The molecule has 1 aliphatic heterocycles. The van der Waals surface area contributed by atoms with Crippen molar-refractivity contribution in [2.24, 2.45) is 23.5 Å². The molecule has 2 aromatic heterocycles. The number of aliphatic hydroxyl groups excluding tert-OH is 3. The maximum absolute atomic E-state index is 13.6. The van der Waals surface area contributed by atoms with E-state index in [1.807, 2.05) is 12.3 Å². The number of aromatic hydroxyl groups is 1. The summed E-state index contributed by atoms with van der Waals surface area (Å²) in [6.07, 6.45) is -3.42. The Labute approximate surface area is 305 Å². The summed E-state index contributed by atoms with van der Waals surface area (Å²) in [5, 5.41) is 67.6. The lowest BCUT2D eigenvalue weighted by molar-refractivity contribution is -0.338. The molecule has 8 atom stereocenters. The lowest BCUT2D eigenvalue weighted by atomic mass is 9.82. The lowest BCUT2D eigenvalue weighted by Gasteiger charge is -2.48. The minimum Gasteiger partial charge on any atom is -0.508 e. The quantitative estimate of drug-likeness (QED) is 0.0750. The molecule has 1 amide bonds. The Balaban J connectivity index is 1.45. The number of phenols is 1. The second-order valence-corrected chi connectivity index (χ2v) is 14.2. The molecule has 0 aliphatic carbocycles. The average Bonchev–Trinajstić information content (AvgIpc) is 3.63. The third-order valence-electron chi connectivity index (χ3n) is 9.90. The van der Waals surface area contributed by atoms with Gasteiger partial charge in [0.15, 0.2) is 11.7 Å². The fraction of sp³-hybridized carbons (Fsp3) is 0.447. The number of hydrogen-bond donors (Lipinski definition) is 9. The van der Waals surface area contributed by atoms with Crippen LogP contribution in [-0.4, -0.2) is 90.5 Å². The molecule has 1 aliphatic rings. The van der Waals surface area contributed by atoms with Gasteiger partial charge in [-0.2, -0.15) is 0 Å². The summed E-state index contributed by atoms with van der Waals surface area (Å²) in [6.45, 7) is 6.56. The van der Waals surface area contributed by atoms with Crippen molar-refractivity contribution in [2.75, 3.05) is 6.54 Å². The second kappa shape index (κ2) is 16.5. The van der Waals surface area contributed by atoms with Gasteiger partial charge in [-0.3, -0.25) is 14.9 Å². The number of ether oxygens (including phenoxy) is 2. The van der Waals surface area contributed by atoms with Crippen LogP contribution < -0.4 is 21.2 Å². The minimum atomic E-state index is -2.85. The molecule has 0 spiro atoms. The van der Waals surface area contributed by atoms with Crippen LogP contribution in [0.25, 0.3) is 22.1 Å². The van der Waals surface area contributed by atoms with Gasteiger partial charge in [0.05, 0.1) is 10.9 Å². The molecule has 5 rings (SSSR count). The molecule has 4 aromatic rings. The molecule has 15 heteroatoms. The number of rotatable bonds is 16. The number of carboxylic acid groups (broad SMARTS) is 1. The van der Waals surface area contributed by atoms with Crippen molar-refractivity contribution >= 4 is 22.8 Å². The van der Waals surface area contributed by atoms with E-state index < -0.39 is 59.5 Å². The van der Waals surface area contributed by atoms with Crippen LogP contribution in [0.3, 0.4) is 0 Å². The van der Waals surface area contributed by atoms with Crippen LogP contribution >= 0.6 is 0 Å². The third kappa shape index (κ3) is 8.56. The van der Waals surface area contributed by atoms with Gasteiger partial charge in [-0.15, -0.1) is 0 Å². The number of H-pyrrole nitrogens is 1. The fourth-order valence-corrected chi connectivity index (χ4v) is 6.73. The SMILES string of the molecule is CC(C)CCCC(C)C(CNC(O)C1(O)C(Oc2ccc3c(=O)c(-c4ccc(O)cc4)c(C(N)=O)oc3c2)OC(C(=O)O)C(O)C1O)Cc1cc[nH]c1. The molecular weight excluding hydrogens is 690 g/mol. The lowest BCUT2D eigenvalue weighted by Crippen LogP contribution is -2.75. The molecular formula is C38H47N3O12. The first-order chi connectivity index (χ1) is 25.1. The maximum Gasteiger partial charge on any atom is 0.335 e. The fourth-order valence-electron chi connectivity index (χ4n) is 6.73. The Morgan fingerprint density at radius 3 is 2.42 bits per heavy atom. The zero-order chi connectivity index (χ0) is 38.6. The van der Waals surface area contributed by atoms with E-state index >= 15 is 0 Å². The Bertz CT molecular complexity index is 1930. The summed E-state index contributed by atoms with van der Waals surface area (Å²) in [5.41, 5.74) is 3.02. The summed E-state index contributed by atoms with van der Waals surface area (Å²) < 4.78 is 17.1. The highest BCUT2D eigenvalue weighted by molar-refractivity contribution is 5.99. The largest absolute Gasteiger partial charge is 0.508 e. The summed E-state index contributed by atoms with van der Waals surface area (Å²) in [4.78, 5) is 41.1. The van der Waals surface area contributed by atoms with Crippen molar-refractivity contribution in [2.45, 2.75) is 82.9 Å². The van der Waals surface area contributed by atoms with Crippen molar-refractivity contribution in [1.82, 2.24) is 10.3 Å². The monoisotopic (exact) mass is 737 g/mol. The van der Waals surface area contributed by atoms with Gasteiger partial charge in [-0.25, -0.2) is 4.79 Å². The number of aliphatic hydroxyl groups is 4. The number of carboxylic acids is 1. The van der Waals surface area contributed by atoms with Crippen LogP contribution in [0.5, 0.6) is 11.5 Å². The van der Waals surface area contributed by atoms with Gasteiger partial charge in [-0.1, -0.05) is 52.2 Å². The van der Waals surface area contributed by atoms with Crippen LogP contribution in [0.15, 0.2) is 70.1 Å². The first-order valence-corrected chi connectivity index (χ1v) is 17.5. The standard InChI is InChI=1S/C38H47N3O12/c1-19(2)5-4-6-20(3)23(15-21-13-14-40-17-21)18-41-36(49)38(50)33(45)30(44)32(35(47)48)53-37(38)51-25-11-12-26-27(16-25)52-31(34(39)46)28(29(26)43)22-7-9-24(42)10-8-22/h7-14,16-17,19-20,23,30,32-33,36-37,40-42,44-45,49-50H,4-6,15,18H2,1-3H3,(H2,39,46)(H,47,48). The van der Waals surface area contributed by atoms with Gasteiger partial charge in [0, 0.05) is 25.0 Å². The zero-order valence-corrected chi connectivity index (χ0v) is 29.6. The van der Waals surface area contributed by atoms with Crippen molar-refractivity contribution < 1.29 is 54.1 Å². The van der Waals surface area contributed by atoms with Crippen LogP contribution in [-0.2, 0) is 16.0 Å². The van der Waals surface area contributed by atoms with Crippen LogP contribution in [0.1, 0.15) is 56.2 Å². The number of carbonyl (C=O) groups excluding carboxylic acids is 1. The normalized spacial score (nSPS) is 23.5. The third-order valence-corrected chi connectivity index (χ3v) is 9.90. The Hall–Kier alpha value is -4.77. The predicted molar refractivity (Wildman–Crippen MR) is 192 cm³/mol. The number of phenolic OH excluding ortho intramolecular Hbond substituents is 1. The predicted octanol–water partition coefficient (Wildman–Crippen LogP) is 2.46. The minimum absolute atomic E-state index is 0.0122. The molecule has 0 radical (unpaired) electrons. The van der Waals surface area contributed by atoms with Crippen molar-refractivity contribution in [3.63, 3.8) is 0 Å². The van der Waals surface area contributed by atoms with E-state index in [9.17, 15) is 45.0 Å². The number of aromatic nitrogens is 1. The Morgan fingerprint density at radius 2 is 1.79 bits per heavy atom. The van der Waals surface area contributed by atoms with E-state index in [4.69, 9.17) is 19.6 Å². The summed E-state index contributed by atoms with van der Waals surface area (Å²) in [6, 6.07) is 11.1. The second-order valence-electron chi connectivity index (χ2n) is 14.2. The highest BCUT2D eigenvalue weighted by Crippen LogP contribution is 2.36. The van der Waals surface area contributed by atoms with Crippen LogP contribution in [0, 0.1) is 17.8 Å². The van der Waals surface area contributed by atoms with Crippen LogP contribution in [0.4, 0.5) is 0 Å². The number of benzene rings is 2. The van der Waals surface area contributed by atoms with E-state index in [2.05, 4.69) is 31.1 Å². The molecule has 10 N–H and O–H groups in total. The molecule has 1 saturated heterocycles. The topological polar surface area (TPSA) is 258 Å². The maximum atomic E-state index is 13.6. The first-order valence-electron chi connectivity index (χ1n) is 17.5. The number of fused-ring (bicyclic) bond motifs is 1. The number of nitrogens with two attached hydrogens (primary N) is 1. The first kappa shape index (κ1) is 39.4. The van der Waals surface area contributed by atoms with Gasteiger partial charge in [0.2, 0.25) is 17.5 Å². The van der Waals surface area contributed by atoms with Crippen LogP contribution in [0.2, 0.25) is 0 Å². The van der Waals surface area contributed by atoms with E-state index in [1.165, 1.54) is 36.4 Å². The summed E-state index contributed by atoms with van der Waals surface area (Å²) in [7, 11) is 0. The Morgan fingerprint density at radius 1 is 1.08 bits per heavy atom. The van der Waals surface area contributed by atoms with Crippen molar-refractivity contribution in [1.29, 1.82) is 0 Å². The zero-order valence-electron chi connectivity index (χ0n) is 29.6. The molecule has 2 aromatic carbocycles. The van der Waals surface area contributed by atoms with Gasteiger partial charge >= 0.3 is 5.97 Å². The van der Waals surface area contributed by atoms with E-state index in [0.717, 1.165) is 30.9 Å².